The number of hydrogen-bond acceptors (Lipinski definition) is 9. The average molecular weight is 583 g/mol. The molecule has 5 rings (SSSR count). The lowest BCUT2D eigenvalue weighted by atomic mass is 10.0. The molecule has 0 bridgehead atoms. The first kappa shape index (κ1) is 27.2. The van der Waals surface area contributed by atoms with Gasteiger partial charge in [0.1, 0.15) is 5.82 Å². The Kier molecular flexibility index (Phi) is 7.26. The smallest absolute Gasteiger partial charge is 0.389 e. The van der Waals surface area contributed by atoms with Crippen LogP contribution < -0.4 is 25.4 Å². The summed E-state index contributed by atoms with van der Waals surface area (Å²) in [6, 6.07) is 11.5. The van der Waals surface area contributed by atoms with Gasteiger partial charge in [-0.15, -0.1) is 0 Å². The van der Waals surface area contributed by atoms with Crippen molar-refractivity contribution in [2.75, 3.05) is 17.7 Å². The van der Waals surface area contributed by atoms with E-state index in [4.69, 9.17) is 32.7 Å². The van der Waals surface area contributed by atoms with Crippen molar-refractivity contribution in [2.45, 2.75) is 32.6 Å². The Bertz CT molecular complexity index is 1620. The fraction of sp³-hybridized carbons (Fsp3) is 0.222. The van der Waals surface area contributed by atoms with E-state index < -0.39 is 23.8 Å². The summed E-state index contributed by atoms with van der Waals surface area (Å²) >= 11 is 13.0. The van der Waals surface area contributed by atoms with E-state index in [1.54, 1.807) is 48.7 Å². The standard InChI is InChI=1S/C27H24Cl2N6O5/c1-27(2,3)35-26(37)34-22-15(20-16(28)6-5-7-17(20)29)10-13-12-30-25(33-21(13)32-22)31-14-8-9-18-19(11-14)40-24(39-18)23(36)38-4/h5-12,24H,1-4H3,(H3,30,31,32,33,34,35,37). The monoisotopic (exact) mass is 582 g/mol. The van der Waals surface area contributed by atoms with Gasteiger partial charge >= 0.3 is 18.3 Å². The molecule has 1 aliphatic rings. The van der Waals surface area contributed by atoms with Crippen molar-refractivity contribution in [3.63, 3.8) is 0 Å². The zero-order chi connectivity index (χ0) is 28.6. The zero-order valence-corrected chi connectivity index (χ0v) is 23.3. The number of urea groups is 1. The predicted octanol–water partition coefficient (Wildman–Crippen LogP) is 5.93. The zero-order valence-electron chi connectivity index (χ0n) is 21.8. The first-order valence-corrected chi connectivity index (χ1v) is 12.8. The summed E-state index contributed by atoms with van der Waals surface area (Å²) in [4.78, 5) is 38.1. The van der Waals surface area contributed by atoms with Gasteiger partial charge in [-0.3, -0.25) is 5.32 Å². The first-order chi connectivity index (χ1) is 19.0. The van der Waals surface area contributed by atoms with Gasteiger partial charge in [0.15, 0.2) is 17.1 Å². The molecule has 1 aliphatic heterocycles. The summed E-state index contributed by atoms with van der Waals surface area (Å²) in [5.74, 6) is 0.560. The van der Waals surface area contributed by atoms with E-state index in [1.165, 1.54) is 7.11 Å². The van der Waals surface area contributed by atoms with Crippen LogP contribution >= 0.6 is 23.2 Å². The van der Waals surface area contributed by atoms with E-state index >= 15 is 0 Å². The number of pyridine rings is 1. The van der Waals surface area contributed by atoms with Crippen molar-refractivity contribution in [1.29, 1.82) is 0 Å². The molecule has 0 aliphatic carbocycles. The van der Waals surface area contributed by atoms with Crippen LogP contribution in [0.3, 0.4) is 0 Å². The van der Waals surface area contributed by atoms with Gasteiger partial charge in [0.25, 0.3) is 0 Å². The normalized spacial score (nSPS) is 14.1. The molecule has 4 aromatic rings. The van der Waals surface area contributed by atoms with Gasteiger partial charge in [0.05, 0.1) is 17.2 Å². The molecule has 13 heteroatoms. The maximum atomic E-state index is 12.8. The number of ether oxygens (including phenoxy) is 3. The number of benzene rings is 2. The average Bonchev–Trinajstić information content (AvgIpc) is 3.31. The van der Waals surface area contributed by atoms with Gasteiger partial charge in [-0.05, 0) is 51.1 Å². The molecule has 2 amide bonds. The van der Waals surface area contributed by atoms with Crippen molar-refractivity contribution in [1.82, 2.24) is 20.3 Å². The fourth-order valence-electron chi connectivity index (χ4n) is 3.90. The maximum Gasteiger partial charge on any atom is 0.389 e. The number of anilines is 3. The Labute approximate surface area is 239 Å². The number of carbonyl (C=O) groups is 2. The van der Waals surface area contributed by atoms with Gasteiger partial charge in [-0.2, -0.15) is 4.98 Å². The van der Waals surface area contributed by atoms with Crippen molar-refractivity contribution >= 4 is 63.7 Å². The van der Waals surface area contributed by atoms with Crippen LogP contribution in [-0.2, 0) is 9.53 Å². The molecule has 206 valence electrons. The molecule has 3 N–H and O–H groups in total. The second-order valence-electron chi connectivity index (χ2n) is 9.79. The summed E-state index contributed by atoms with van der Waals surface area (Å²) < 4.78 is 15.6. The summed E-state index contributed by atoms with van der Waals surface area (Å²) in [7, 11) is 1.25. The highest BCUT2D eigenvalue weighted by molar-refractivity contribution is 6.39. The molecule has 2 aromatic heterocycles. The number of methoxy groups -OCH3 is 1. The largest absolute Gasteiger partial charge is 0.463 e. The van der Waals surface area contributed by atoms with Gasteiger partial charge < -0.3 is 24.8 Å². The molecule has 1 unspecified atom stereocenters. The Balaban J connectivity index is 1.49. The molecule has 3 heterocycles. The van der Waals surface area contributed by atoms with E-state index in [0.29, 0.717) is 49.4 Å². The van der Waals surface area contributed by atoms with Gasteiger partial charge in [0.2, 0.25) is 5.95 Å². The first-order valence-electron chi connectivity index (χ1n) is 12.0. The third-order valence-corrected chi connectivity index (χ3v) is 6.21. The van der Waals surface area contributed by atoms with E-state index in [9.17, 15) is 9.59 Å². The number of fused-ring (bicyclic) bond motifs is 2. The molecule has 11 nitrogen and oxygen atoms in total. The lowest BCUT2D eigenvalue weighted by molar-refractivity contribution is -0.158. The van der Waals surface area contributed by atoms with Crippen LogP contribution in [-0.4, -0.2) is 45.9 Å². The quantitative estimate of drug-likeness (QED) is 0.244. The van der Waals surface area contributed by atoms with Crippen LogP contribution in [0.1, 0.15) is 20.8 Å². The number of carbonyl (C=O) groups excluding carboxylic acids is 2. The Morgan fingerprint density at radius 2 is 1.73 bits per heavy atom. The molecule has 40 heavy (non-hydrogen) atoms. The molecular formula is C27H24Cl2N6O5. The molecular weight excluding hydrogens is 559 g/mol. The van der Waals surface area contributed by atoms with E-state index in [2.05, 4.69) is 35.6 Å². The highest BCUT2D eigenvalue weighted by Gasteiger charge is 2.32. The third-order valence-electron chi connectivity index (χ3n) is 5.58. The summed E-state index contributed by atoms with van der Waals surface area (Å²) in [6.45, 7) is 5.59. The van der Waals surface area contributed by atoms with Crippen LogP contribution in [0, 0.1) is 0 Å². The number of nitrogens with zero attached hydrogens (tertiary/aromatic N) is 3. The minimum atomic E-state index is -1.17. The molecule has 1 atom stereocenters. The maximum absolute atomic E-state index is 12.8. The molecule has 0 saturated carbocycles. The predicted molar refractivity (Wildman–Crippen MR) is 151 cm³/mol. The van der Waals surface area contributed by atoms with Gasteiger partial charge in [0, 0.05) is 40.0 Å². The SMILES string of the molecule is COC(=O)C1Oc2ccc(Nc3ncc4cc(-c5c(Cl)cccc5Cl)c(NC(=O)NC(C)(C)C)nc4n3)cc2O1. The third kappa shape index (κ3) is 5.80. The van der Waals surface area contributed by atoms with Crippen LogP contribution in [0.2, 0.25) is 10.0 Å². The van der Waals surface area contributed by atoms with Crippen molar-refractivity contribution in [3.8, 4) is 22.6 Å². The summed E-state index contributed by atoms with van der Waals surface area (Å²) in [6.07, 6.45) is 0.421. The number of aromatic nitrogens is 3. The summed E-state index contributed by atoms with van der Waals surface area (Å²) in [5, 5.41) is 10.1. The van der Waals surface area contributed by atoms with Crippen molar-refractivity contribution < 1.29 is 23.8 Å². The number of nitrogens with one attached hydrogen (secondary N) is 3. The number of rotatable bonds is 5. The topological polar surface area (TPSA) is 137 Å². The molecule has 2 aromatic carbocycles. The highest BCUT2D eigenvalue weighted by atomic mass is 35.5. The Hall–Kier alpha value is -4.35. The highest BCUT2D eigenvalue weighted by Crippen LogP contribution is 2.40. The van der Waals surface area contributed by atoms with E-state index in [1.807, 2.05) is 20.8 Å². The van der Waals surface area contributed by atoms with Crippen molar-refractivity contribution in [3.05, 3.63) is 58.7 Å². The lowest BCUT2D eigenvalue weighted by Gasteiger charge is -2.21. The number of esters is 1. The van der Waals surface area contributed by atoms with E-state index in [-0.39, 0.29) is 11.8 Å². The Morgan fingerprint density at radius 3 is 2.42 bits per heavy atom. The van der Waals surface area contributed by atoms with Crippen LogP contribution in [0.5, 0.6) is 11.5 Å². The summed E-state index contributed by atoms with van der Waals surface area (Å²) in [5.41, 5.74) is 1.42. The van der Waals surface area contributed by atoms with Gasteiger partial charge in [-0.25, -0.2) is 19.6 Å². The van der Waals surface area contributed by atoms with Crippen LogP contribution in [0.25, 0.3) is 22.2 Å². The second-order valence-corrected chi connectivity index (χ2v) is 10.6. The molecule has 0 fully saturated rings. The number of hydrogen-bond donors (Lipinski definition) is 3. The molecule has 0 saturated heterocycles. The lowest BCUT2D eigenvalue weighted by Crippen LogP contribution is -2.43. The number of amides is 2. The molecule has 0 radical (unpaired) electrons. The molecule has 0 spiro atoms. The minimum absolute atomic E-state index is 0.214. The Morgan fingerprint density at radius 1 is 1.00 bits per heavy atom. The van der Waals surface area contributed by atoms with Gasteiger partial charge in [-0.1, -0.05) is 29.3 Å². The van der Waals surface area contributed by atoms with E-state index in [0.717, 1.165) is 0 Å². The van der Waals surface area contributed by atoms with Crippen molar-refractivity contribution in [2.24, 2.45) is 0 Å². The van der Waals surface area contributed by atoms with Crippen LogP contribution in [0.4, 0.5) is 22.2 Å². The second kappa shape index (κ2) is 10.7. The minimum Gasteiger partial charge on any atom is -0.463 e. The van der Waals surface area contributed by atoms with Crippen LogP contribution in [0.15, 0.2) is 48.7 Å². The number of halogens is 2. The fourth-order valence-corrected chi connectivity index (χ4v) is 4.50.